The summed E-state index contributed by atoms with van der Waals surface area (Å²) in [5.41, 5.74) is 0. The van der Waals surface area contributed by atoms with Crippen LogP contribution in [0.5, 0.6) is 0 Å². The average molecular weight is 287 g/mol. The van der Waals surface area contributed by atoms with Gasteiger partial charge in [-0.25, -0.2) is 8.42 Å². The van der Waals surface area contributed by atoms with Gasteiger partial charge in [-0.2, -0.15) is 0 Å². The number of carbonyl (C=O) groups is 1. The summed E-state index contributed by atoms with van der Waals surface area (Å²) in [6.07, 6.45) is 6.00. The van der Waals surface area contributed by atoms with Crippen molar-refractivity contribution in [3.05, 3.63) is 0 Å². The first-order chi connectivity index (χ1) is 8.99. The molecule has 2 rings (SSSR count). The van der Waals surface area contributed by atoms with E-state index in [0.717, 1.165) is 45.2 Å². The molecular weight excluding hydrogens is 262 g/mol. The highest BCUT2D eigenvalue weighted by Gasteiger charge is 2.30. The lowest BCUT2D eigenvalue weighted by molar-refractivity contribution is -0.132. The first-order valence-corrected chi connectivity index (χ1v) is 9.20. The first kappa shape index (κ1) is 14.8. The zero-order valence-electron chi connectivity index (χ0n) is 11.8. The highest BCUT2D eigenvalue weighted by Crippen LogP contribution is 2.25. The number of nitrogens with zero attached hydrogens (tertiary/aromatic N) is 1. The summed E-state index contributed by atoms with van der Waals surface area (Å²) >= 11 is 0. The van der Waals surface area contributed by atoms with E-state index in [0.29, 0.717) is 5.92 Å². The minimum Gasteiger partial charge on any atom is -0.342 e. The normalized spacial score (nSPS) is 25.7. The molecule has 19 heavy (non-hydrogen) atoms. The second-order valence-electron chi connectivity index (χ2n) is 6.11. The Morgan fingerprint density at radius 2 is 1.84 bits per heavy atom. The molecule has 2 aliphatic rings. The molecule has 1 aliphatic heterocycles. The molecule has 0 unspecified atom stereocenters. The topological polar surface area (TPSA) is 54.5 Å². The van der Waals surface area contributed by atoms with E-state index >= 15 is 0 Å². The lowest BCUT2D eigenvalue weighted by Gasteiger charge is -2.31. The Morgan fingerprint density at radius 3 is 2.47 bits per heavy atom. The molecular formula is C14H25NO3S. The molecule has 0 aromatic carbocycles. The molecule has 0 aromatic heterocycles. The van der Waals surface area contributed by atoms with Gasteiger partial charge in [-0.3, -0.25) is 4.79 Å². The second kappa shape index (κ2) is 6.25. The zero-order chi connectivity index (χ0) is 13.9. The maximum absolute atomic E-state index is 12.1. The van der Waals surface area contributed by atoms with Crippen LogP contribution < -0.4 is 0 Å². The van der Waals surface area contributed by atoms with Gasteiger partial charge in [0.1, 0.15) is 0 Å². The second-order valence-corrected chi connectivity index (χ2v) is 8.51. The van der Waals surface area contributed by atoms with Crippen molar-refractivity contribution in [1.29, 1.82) is 0 Å². The van der Waals surface area contributed by atoms with Gasteiger partial charge in [-0.1, -0.05) is 19.8 Å². The monoisotopic (exact) mass is 287 g/mol. The molecule has 0 aromatic rings. The summed E-state index contributed by atoms with van der Waals surface area (Å²) < 4.78 is 24.2. The number of hydrogen-bond acceptors (Lipinski definition) is 3. The van der Waals surface area contributed by atoms with Gasteiger partial charge >= 0.3 is 0 Å². The van der Waals surface area contributed by atoms with Gasteiger partial charge in [-0.15, -0.1) is 0 Å². The summed E-state index contributed by atoms with van der Waals surface area (Å²) in [6, 6.07) is 0. The van der Waals surface area contributed by atoms with Gasteiger partial charge in [0.25, 0.3) is 0 Å². The smallest absolute Gasteiger partial charge is 0.223 e. The van der Waals surface area contributed by atoms with E-state index in [2.05, 4.69) is 6.92 Å². The van der Waals surface area contributed by atoms with E-state index in [1.807, 2.05) is 4.90 Å². The largest absolute Gasteiger partial charge is 0.342 e. The third-order valence-corrected chi connectivity index (χ3v) is 6.68. The fourth-order valence-electron chi connectivity index (χ4n) is 3.22. The third-order valence-electron chi connectivity index (χ3n) is 4.42. The lowest BCUT2D eigenvalue weighted by Crippen LogP contribution is -2.40. The van der Waals surface area contributed by atoms with Crippen molar-refractivity contribution >= 4 is 15.7 Å². The number of rotatable bonds is 4. The third kappa shape index (κ3) is 3.94. The van der Waals surface area contributed by atoms with E-state index in [1.165, 1.54) is 6.42 Å². The van der Waals surface area contributed by atoms with Gasteiger partial charge in [0, 0.05) is 19.5 Å². The highest BCUT2D eigenvalue weighted by molar-refractivity contribution is 7.92. The summed E-state index contributed by atoms with van der Waals surface area (Å²) in [5.74, 6) is 0.610. The Kier molecular flexibility index (Phi) is 4.87. The van der Waals surface area contributed by atoms with Gasteiger partial charge in [0.2, 0.25) is 5.91 Å². The van der Waals surface area contributed by atoms with Crippen molar-refractivity contribution in [2.45, 2.75) is 57.1 Å². The summed E-state index contributed by atoms with van der Waals surface area (Å²) in [4.78, 5) is 13.9. The van der Waals surface area contributed by atoms with Crippen LogP contribution in [0.4, 0.5) is 0 Å². The van der Waals surface area contributed by atoms with Crippen LogP contribution in [0.3, 0.4) is 0 Å². The van der Waals surface area contributed by atoms with Gasteiger partial charge in [-0.05, 0) is 31.6 Å². The molecule has 1 saturated heterocycles. The van der Waals surface area contributed by atoms with Crippen molar-refractivity contribution in [3.8, 4) is 0 Å². The van der Waals surface area contributed by atoms with Crippen molar-refractivity contribution in [2.75, 3.05) is 18.8 Å². The van der Waals surface area contributed by atoms with Crippen molar-refractivity contribution in [1.82, 2.24) is 4.90 Å². The van der Waals surface area contributed by atoms with E-state index in [9.17, 15) is 13.2 Å². The predicted octanol–water partition coefficient (Wildman–Crippen LogP) is 1.99. The van der Waals surface area contributed by atoms with Crippen LogP contribution in [0, 0.1) is 5.92 Å². The number of hydrogen-bond donors (Lipinski definition) is 0. The van der Waals surface area contributed by atoms with E-state index in [4.69, 9.17) is 0 Å². The summed E-state index contributed by atoms with van der Waals surface area (Å²) in [7, 11) is -3.05. The number of likely N-dealkylation sites (tertiary alicyclic amines) is 1. The Hall–Kier alpha value is -0.580. The van der Waals surface area contributed by atoms with Gasteiger partial charge in [0.15, 0.2) is 9.84 Å². The summed E-state index contributed by atoms with van der Waals surface area (Å²) in [5, 5.41) is -0.180. The SMILES string of the molecule is C[C@@H]1CCCN(C(=O)CCS(=O)(=O)C2CCCC2)C1. The fraction of sp³-hybridized carbons (Fsp3) is 0.929. The predicted molar refractivity (Wildman–Crippen MR) is 75.6 cm³/mol. The molecule has 1 amide bonds. The van der Waals surface area contributed by atoms with Crippen LogP contribution in [0.25, 0.3) is 0 Å². The number of carbonyl (C=O) groups excluding carboxylic acids is 1. The Morgan fingerprint density at radius 1 is 1.16 bits per heavy atom. The minimum absolute atomic E-state index is 0.0214. The Balaban J connectivity index is 1.82. The van der Waals surface area contributed by atoms with Crippen molar-refractivity contribution in [3.63, 3.8) is 0 Å². The molecule has 1 aliphatic carbocycles. The van der Waals surface area contributed by atoms with E-state index in [-0.39, 0.29) is 23.3 Å². The molecule has 0 spiro atoms. The van der Waals surface area contributed by atoms with Gasteiger partial charge in [0.05, 0.1) is 11.0 Å². The average Bonchev–Trinajstić information content (AvgIpc) is 2.90. The molecule has 2 fully saturated rings. The molecule has 0 N–H and O–H groups in total. The lowest BCUT2D eigenvalue weighted by atomic mass is 10.0. The maximum Gasteiger partial charge on any atom is 0.223 e. The molecule has 0 radical (unpaired) electrons. The molecule has 1 atom stereocenters. The number of amides is 1. The van der Waals surface area contributed by atoms with Crippen LogP contribution in [0.15, 0.2) is 0 Å². The van der Waals surface area contributed by atoms with Crippen LogP contribution in [0.2, 0.25) is 0 Å². The molecule has 0 bridgehead atoms. The van der Waals surface area contributed by atoms with Gasteiger partial charge < -0.3 is 4.90 Å². The Bertz CT molecular complexity index is 412. The van der Waals surface area contributed by atoms with Crippen molar-refractivity contribution < 1.29 is 13.2 Å². The maximum atomic E-state index is 12.1. The Labute approximate surface area is 116 Å². The van der Waals surface area contributed by atoms with Crippen molar-refractivity contribution in [2.24, 2.45) is 5.92 Å². The standard InChI is InChI=1S/C14H25NO3S/c1-12-5-4-9-15(11-12)14(16)8-10-19(17,18)13-6-2-3-7-13/h12-13H,2-11H2,1H3/t12-/m1/s1. The summed E-state index contributed by atoms with van der Waals surface area (Å²) in [6.45, 7) is 3.74. The first-order valence-electron chi connectivity index (χ1n) is 7.48. The zero-order valence-corrected chi connectivity index (χ0v) is 12.6. The number of sulfone groups is 1. The number of piperidine rings is 1. The van der Waals surface area contributed by atoms with E-state index < -0.39 is 9.84 Å². The fourth-order valence-corrected chi connectivity index (χ4v) is 5.06. The van der Waals surface area contributed by atoms with Crippen LogP contribution in [-0.2, 0) is 14.6 Å². The molecule has 4 nitrogen and oxygen atoms in total. The van der Waals surface area contributed by atoms with Crippen LogP contribution in [0.1, 0.15) is 51.9 Å². The van der Waals surface area contributed by atoms with E-state index in [1.54, 1.807) is 0 Å². The minimum atomic E-state index is -3.05. The van der Waals surface area contributed by atoms with Crippen LogP contribution in [-0.4, -0.2) is 43.3 Å². The highest BCUT2D eigenvalue weighted by atomic mass is 32.2. The van der Waals surface area contributed by atoms with Crippen LogP contribution >= 0.6 is 0 Å². The molecule has 110 valence electrons. The molecule has 5 heteroatoms. The molecule has 1 saturated carbocycles. The molecule has 1 heterocycles. The quantitative estimate of drug-likeness (QED) is 0.794.